The van der Waals surface area contributed by atoms with Gasteiger partial charge in [0.2, 0.25) is 0 Å². The average molecular weight is 875 g/mol. The molecule has 0 spiro atoms. The highest BCUT2D eigenvalue weighted by atomic mass is 16.8. The van der Waals surface area contributed by atoms with Gasteiger partial charge in [0.15, 0.2) is 12.6 Å². The molecule has 2 rings (SSSR count). The second kappa shape index (κ2) is 34.0. The highest BCUT2D eigenvalue weighted by Gasteiger charge is 2.50. The van der Waals surface area contributed by atoms with E-state index in [9.17, 15) is 40.2 Å². The molecule has 0 unspecified atom stereocenters. The lowest BCUT2D eigenvalue weighted by molar-refractivity contribution is -0.366. The number of unbranched alkanes of at least 4 members (excludes halogenated alkanes) is 24. The molecule has 2 saturated heterocycles. The summed E-state index contributed by atoms with van der Waals surface area (Å²) in [5.74, 6) is -1.64. The van der Waals surface area contributed by atoms with E-state index in [0.29, 0.717) is 12.8 Å². The molecule has 2 heterocycles. The van der Waals surface area contributed by atoms with E-state index in [2.05, 4.69) is 13.8 Å². The van der Waals surface area contributed by atoms with E-state index in [1.807, 2.05) is 0 Å². The van der Waals surface area contributed by atoms with E-state index < -0.39 is 85.6 Å². The number of aliphatic carboxylic acids is 1. The monoisotopic (exact) mass is 875 g/mol. The maximum absolute atomic E-state index is 13.5. The number of carbonyl (C=O) groups excluding carboxylic acids is 1. The number of hydrogen-bond acceptors (Lipinski definition) is 12. The van der Waals surface area contributed by atoms with E-state index in [1.165, 1.54) is 122 Å². The molecular weight excluding hydrogens is 785 g/mol. The van der Waals surface area contributed by atoms with Crippen molar-refractivity contribution in [2.24, 2.45) is 0 Å². The number of hydrogen-bond donors (Lipinski definition) is 6. The largest absolute Gasteiger partial charge is 0.481 e. The first-order chi connectivity index (χ1) is 29.4. The molecule has 6 N–H and O–H groups in total. The third-order valence-electron chi connectivity index (χ3n) is 12.6. The van der Waals surface area contributed by atoms with Crippen LogP contribution in [0.5, 0.6) is 0 Å². The van der Waals surface area contributed by atoms with Crippen LogP contribution in [0.2, 0.25) is 0 Å². The van der Waals surface area contributed by atoms with Crippen molar-refractivity contribution in [1.82, 2.24) is 0 Å². The van der Waals surface area contributed by atoms with Gasteiger partial charge >= 0.3 is 11.9 Å². The molecule has 360 valence electrons. The van der Waals surface area contributed by atoms with Crippen molar-refractivity contribution in [3.05, 3.63) is 0 Å². The highest BCUT2D eigenvalue weighted by Crippen LogP contribution is 2.31. The van der Waals surface area contributed by atoms with Crippen LogP contribution in [-0.2, 0) is 33.3 Å². The normalized spacial score (nSPS) is 27.8. The molecule has 13 heteroatoms. The number of carbonyl (C=O) groups is 2. The molecule has 2 aliphatic heterocycles. The molecule has 0 aliphatic carbocycles. The van der Waals surface area contributed by atoms with Gasteiger partial charge < -0.3 is 54.3 Å². The standard InChI is InChI=1S/C48H90O13/c1-5-7-9-11-13-15-17-19-21-23-25-27-29-31-37(33-39(49)50)59-40(51)34-38(32-30-28-26-24-22-20-18-16-14-12-10-8-6-2)60-48-46(44(55)42(53)36(4)58-48)61-47-45(56)43(54)41(52)35(3)57-47/h35-38,41-48,52-56H,5-34H2,1-4H3,(H,49,50)/t35-,36-,37+,38+,41-,42-,43+,44+,45+,46+,47-,48-/m0/s1. The van der Waals surface area contributed by atoms with Gasteiger partial charge in [-0.15, -0.1) is 0 Å². The average Bonchev–Trinajstić information content (AvgIpc) is 3.22. The van der Waals surface area contributed by atoms with Crippen molar-refractivity contribution in [2.45, 2.75) is 294 Å². The lowest BCUT2D eigenvalue weighted by Gasteiger charge is -2.46. The number of carboxylic acid groups (broad SMARTS) is 1. The zero-order chi connectivity index (χ0) is 44.8. The fraction of sp³-hybridized carbons (Fsp3) is 0.958. The number of ether oxygens (including phenoxy) is 5. The van der Waals surface area contributed by atoms with Gasteiger partial charge in [0, 0.05) is 0 Å². The van der Waals surface area contributed by atoms with Crippen LogP contribution in [0, 0.1) is 0 Å². The van der Waals surface area contributed by atoms with Crippen LogP contribution in [-0.4, -0.2) is 116 Å². The summed E-state index contributed by atoms with van der Waals surface area (Å²) in [6.07, 6.45) is 16.1. The van der Waals surface area contributed by atoms with E-state index in [1.54, 1.807) is 6.92 Å². The maximum atomic E-state index is 13.5. The molecule has 0 aromatic rings. The molecule has 13 nitrogen and oxygen atoms in total. The number of esters is 1. The van der Waals surface area contributed by atoms with E-state index in [0.717, 1.165) is 51.4 Å². The van der Waals surface area contributed by atoms with E-state index in [4.69, 9.17) is 23.7 Å². The maximum Gasteiger partial charge on any atom is 0.308 e. The van der Waals surface area contributed by atoms with Crippen LogP contribution in [0.25, 0.3) is 0 Å². The third kappa shape index (κ3) is 23.9. The quantitative estimate of drug-likeness (QED) is 0.0256. The minimum Gasteiger partial charge on any atom is -0.481 e. The second-order valence-corrected chi connectivity index (χ2v) is 18.2. The van der Waals surface area contributed by atoms with Gasteiger partial charge in [0.25, 0.3) is 0 Å². The van der Waals surface area contributed by atoms with Crippen molar-refractivity contribution < 1.29 is 63.9 Å². The van der Waals surface area contributed by atoms with Gasteiger partial charge in [-0.3, -0.25) is 9.59 Å². The van der Waals surface area contributed by atoms with Crippen LogP contribution < -0.4 is 0 Å². The van der Waals surface area contributed by atoms with Crippen molar-refractivity contribution in [3.63, 3.8) is 0 Å². The summed E-state index contributed by atoms with van der Waals surface area (Å²) in [7, 11) is 0. The van der Waals surface area contributed by atoms with Crippen molar-refractivity contribution >= 4 is 11.9 Å². The number of carboxylic acids is 1. The Morgan fingerprint density at radius 1 is 0.475 bits per heavy atom. The molecular formula is C48H90O13. The first-order valence-corrected chi connectivity index (χ1v) is 24.8. The molecule has 61 heavy (non-hydrogen) atoms. The molecule has 0 aromatic heterocycles. The molecule has 0 radical (unpaired) electrons. The van der Waals surface area contributed by atoms with Gasteiger partial charge in [-0.1, -0.05) is 174 Å². The number of aliphatic hydroxyl groups excluding tert-OH is 5. The Bertz CT molecular complexity index is 1100. The first kappa shape index (κ1) is 55.7. The lowest BCUT2D eigenvalue weighted by atomic mass is 9.97. The summed E-state index contributed by atoms with van der Waals surface area (Å²) in [5, 5.41) is 62.8. The van der Waals surface area contributed by atoms with Crippen molar-refractivity contribution in [2.75, 3.05) is 0 Å². The Labute approximate surface area is 369 Å². The first-order valence-electron chi connectivity index (χ1n) is 24.8. The zero-order valence-corrected chi connectivity index (χ0v) is 38.7. The molecule has 0 saturated carbocycles. The summed E-state index contributed by atoms with van der Waals surface area (Å²) in [6, 6.07) is 0. The number of aliphatic hydroxyl groups is 5. The van der Waals surface area contributed by atoms with Crippen LogP contribution in [0.15, 0.2) is 0 Å². The van der Waals surface area contributed by atoms with Gasteiger partial charge in [0.1, 0.15) is 42.7 Å². The molecule has 2 aliphatic rings. The molecule has 0 bridgehead atoms. The van der Waals surface area contributed by atoms with Crippen molar-refractivity contribution in [3.8, 4) is 0 Å². The van der Waals surface area contributed by atoms with Crippen molar-refractivity contribution in [1.29, 1.82) is 0 Å². The van der Waals surface area contributed by atoms with Crippen LogP contribution in [0.3, 0.4) is 0 Å². The van der Waals surface area contributed by atoms with Crippen LogP contribution in [0.1, 0.15) is 220 Å². The third-order valence-corrected chi connectivity index (χ3v) is 12.6. The topological polar surface area (TPSA) is 202 Å². The fourth-order valence-corrected chi connectivity index (χ4v) is 8.54. The minimum atomic E-state index is -1.67. The summed E-state index contributed by atoms with van der Waals surface area (Å²) in [6.45, 7) is 7.54. The predicted octanol–water partition coefficient (Wildman–Crippen LogP) is 8.79. The zero-order valence-electron chi connectivity index (χ0n) is 38.7. The Balaban J connectivity index is 1.98. The summed E-state index contributed by atoms with van der Waals surface area (Å²) < 4.78 is 29.7. The Morgan fingerprint density at radius 2 is 0.852 bits per heavy atom. The molecule has 0 aromatic carbocycles. The second-order valence-electron chi connectivity index (χ2n) is 18.2. The summed E-state index contributed by atoms with van der Waals surface area (Å²) in [5.41, 5.74) is 0. The Kier molecular flexibility index (Phi) is 31.1. The number of rotatable bonds is 37. The SMILES string of the molecule is CCCCCCCCCCCCCCC[C@H](CC(=O)O)OC(=O)C[C@@H](CCCCCCCCCCCCCCC)O[C@@H]1O[C@@H](C)[C@H](O)[C@@H](O)[C@H]1O[C@@H]1O[C@@H](C)[C@H](O)[C@@H](O)[C@H]1O. The van der Waals surface area contributed by atoms with Crippen LogP contribution >= 0.6 is 0 Å². The van der Waals surface area contributed by atoms with E-state index in [-0.39, 0.29) is 12.8 Å². The van der Waals surface area contributed by atoms with Gasteiger partial charge in [-0.05, 0) is 33.1 Å². The highest BCUT2D eigenvalue weighted by molar-refractivity contribution is 5.72. The smallest absolute Gasteiger partial charge is 0.308 e. The van der Waals surface area contributed by atoms with Gasteiger partial charge in [-0.2, -0.15) is 0 Å². The van der Waals surface area contributed by atoms with E-state index >= 15 is 0 Å². The molecule has 0 amide bonds. The Morgan fingerprint density at radius 3 is 1.28 bits per heavy atom. The van der Waals surface area contributed by atoms with Crippen LogP contribution in [0.4, 0.5) is 0 Å². The van der Waals surface area contributed by atoms with Gasteiger partial charge in [-0.25, -0.2) is 0 Å². The molecule has 2 fully saturated rings. The van der Waals surface area contributed by atoms with Gasteiger partial charge in [0.05, 0.1) is 31.2 Å². The predicted molar refractivity (Wildman–Crippen MR) is 236 cm³/mol. The fourth-order valence-electron chi connectivity index (χ4n) is 8.54. The summed E-state index contributed by atoms with van der Waals surface area (Å²) >= 11 is 0. The summed E-state index contributed by atoms with van der Waals surface area (Å²) in [4.78, 5) is 25.3. The lowest BCUT2D eigenvalue weighted by Crippen LogP contribution is -2.63. The minimum absolute atomic E-state index is 0.197. The molecule has 12 atom stereocenters. The Hall–Kier alpha value is -1.42.